The minimum absolute atomic E-state index is 0.0500. The van der Waals surface area contributed by atoms with Crippen molar-refractivity contribution in [2.24, 2.45) is 0 Å². The van der Waals surface area contributed by atoms with Crippen molar-refractivity contribution in [1.82, 2.24) is 9.97 Å². The minimum Gasteiger partial charge on any atom is -0.228 e. The Morgan fingerprint density at radius 1 is 0.383 bits per heavy atom. The fraction of sp³-hybridized carbons (Fsp3) is 0.0667. The van der Waals surface area contributed by atoms with Gasteiger partial charge in [0.05, 0.1) is 11.4 Å². The molecule has 1 heterocycles. The first kappa shape index (κ1) is 27.5. The molecule has 0 amide bonds. The molecule has 0 fully saturated rings. The lowest BCUT2D eigenvalue weighted by Gasteiger charge is -2.22. The summed E-state index contributed by atoms with van der Waals surface area (Å²) in [5.74, 6) is 0.722. The number of benzene rings is 7. The third-order valence-electron chi connectivity index (χ3n) is 9.90. The molecule has 0 aliphatic heterocycles. The first-order valence-corrected chi connectivity index (χ1v) is 16.3. The normalized spacial score (nSPS) is 13.1. The predicted molar refractivity (Wildman–Crippen MR) is 196 cm³/mol. The molecular weight excluding hydrogens is 569 g/mol. The molecule has 0 radical (unpaired) electrons. The second-order valence-corrected chi connectivity index (χ2v) is 13.0. The zero-order valence-corrected chi connectivity index (χ0v) is 26.4. The van der Waals surface area contributed by atoms with E-state index in [4.69, 9.17) is 9.97 Å². The molecule has 8 aromatic rings. The van der Waals surface area contributed by atoms with Gasteiger partial charge in [-0.25, -0.2) is 9.97 Å². The lowest BCUT2D eigenvalue weighted by molar-refractivity contribution is 0.660. The zero-order chi connectivity index (χ0) is 31.5. The Morgan fingerprint density at radius 3 is 1.85 bits per heavy atom. The molecule has 2 heteroatoms. The Kier molecular flexibility index (Phi) is 6.20. The molecule has 1 aliphatic carbocycles. The summed E-state index contributed by atoms with van der Waals surface area (Å²) in [6.45, 7) is 4.68. The maximum absolute atomic E-state index is 5.19. The number of rotatable bonds is 4. The number of nitrogens with zero attached hydrogens (tertiary/aromatic N) is 2. The highest BCUT2D eigenvalue weighted by molar-refractivity contribution is 6.05. The van der Waals surface area contributed by atoms with Crippen LogP contribution >= 0.6 is 0 Å². The molecule has 0 unspecified atom stereocenters. The first-order valence-electron chi connectivity index (χ1n) is 16.3. The summed E-state index contributed by atoms with van der Waals surface area (Å²) in [5, 5.41) is 4.80. The van der Waals surface area contributed by atoms with Crippen LogP contribution in [0.1, 0.15) is 25.0 Å². The Balaban J connectivity index is 1.22. The smallest absolute Gasteiger partial charge is 0.160 e. The van der Waals surface area contributed by atoms with Crippen LogP contribution in [0.3, 0.4) is 0 Å². The summed E-state index contributed by atoms with van der Waals surface area (Å²) in [4.78, 5) is 10.3. The van der Waals surface area contributed by atoms with Gasteiger partial charge in [0.1, 0.15) is 0 Å². The van der Waals surface area contributed by atoms with Crippen LogP contribution in [-0.4, -0.2) is 9.97 Å². The molecule has 0 bridgehead atoms. The first-order chi connectivity index (χ1) is 23.0. The average molecular weight is 601 g/mol. The van der Waals surface area contributed by atoms with Crippen LogP contribution in [0.25, 0.3) is 77.7 Å². The van der Waals surface area contributed by atoms with Crippen molar-refractivity contribution in [1.29, 1.82) is 0 Å². The summed E-state index contributed by atoms with van der Waals surface area (Å²) in [6, 6.07) is 56.5. The molecule has 7 aromatic carbocycles. The van der Waals surface area contributed by atoms with E-state index in [0.717, 1.165) is 33.9 Å². The third kappa shape index (κ3) is 4.48. The van der Waals surface area contributed by atoms with Gasteiger partial charge in [-0.15, -0.1) is 0 Å². The van der Waals surface area contributed by atoms with E-state index in [2.05, 4.69) is 153 Å². The van der Waals surface area contributed by atoms with Crippen LogP contribution in [0.2, 0.25) is 0 Å². The SMILES string of the molecule is CC1(C)c2ccccc2-c2ccc(-c3ccc(-c4cc(-c5ccc6ccccc6c5)nc(-c5ccccc5)n4)c4ccccc34)cc21. The zero-order valence-electron chi connectivity index (χ0n) is 26.4. The van der Waals surface area contributed by atoms with Crippen molar-refractivity contribution >= 4 is 21.5 Å². The van der Waals surface area contributed by atoms with E-state index >= 15 is 0 Å². The van der Waals surface area contributed by atoms with E-state index in [0.29, 0.717) is 0 Å². The Labute approximate surface area is 275 Å². The molecule has 222 valence electrons. The van der Waals surface area contributed by atoms with E-state index < -0.39 is 0 Å². The van der Waals surface area contributed by atoms with Gasteiger partial charge in [-0.1, -0.05) is 153 Å². The van der Waals surface area contributed by atoms with Crippen LogP contribution in [0.5, 0.6) is 0 Å². The van der Waals surface area contributed by atoms with Crippen LogP contribution in [0.4, 0.5) is 0 Å². The summed E-state index contributed by atoms with van der Waals surface area (Å²) in [5.41, 5.74) is 12.9. The number of hydrogen-bond acceptors (Lipinski definition) is 2. The molecule has 2 nitrogen and oxygen atoms in total. The fourth-order valence-corrected chi connectivity index (χ4v) is 7.44. The third-order valence-corrected chi connectivity index (χ3v) is 9.90. The predicted octanol–water partition coefficient (Wildman–Crippen LogP) is 11.8. The van der Waals surface area contributed by atoms with E-state index in [1.807, 2.05) is 18.2 Å². The lowest BCUT2D eigenvalue weighted by Crippen LogP contribution is -2.14. The lowest BCUT2D eigenvalue weighted by atomic mass is 9.81. The molecule has 0 saturated carbocycles. The van der Waals surface area contributed by atoms with Gasteiger partial charge in [-0.2, -0.15) is 0 Å². The van der Waals surface area contributed by atoms with Gasteiger partial charge in [-0.3, -0.25) is 0 Å². The van der Waals surface area contributed by atoms with Crippen molar-refractivity contribution in [3.8, 4) is 56.2 Å². The second-order valence-electron chi connectivity index (χ2n) is 13.0. The number of hydrogen-bond donors (Lipinski definition) is 0. The van der Waals surface area contributed by atoms with E-state index in [1.165, 1.54) is 54.9 Å². The molecule has 0 atom stereocenters. The van der Waals surface area contributed by atoms with Crippen molar-refractivity contribution in [3.05, 3.63) is 169 Å². The van der Waals surface area contributed by atoms with Gasteiger partial charge in [0, 0.05) is 22.1 Å². The fourth-order valence-electron chi connectivity index (χ4n) is 7.44. The maximum atomic E-state index is 5.19. The van der Waals surface area contributed by atoms with E-state index in [9.17, 15) is 0 Å². The molecule has 47 heavy (non-hydrogen) atoms. The summed E-state index contributed by atoms with van der Waals surface area (Å²) in [7, 11) is 0. The van der Waals surface area contributed by atoms with Gasteiger partial charge in [0.2, 0.25) is 0 Å². The average Bonchev–Trinajstić information content (AvgIpc) is 3.36. The van der Waals surface area contributed by atoms with Crippen molar-refractivity contribution < 1.29 is 0 Å². The highest BCUT2D eigenvalue weighted by Gasteiger charge is 2.35. The van der Waals surface area contributed by atoms with Crippen LogP contribution in [-0.2, 0) is 5.41 Å². The maximum Gasteiger partial charge on any atom is 0.160 e. The van der Waals surface area contributed by atoms with Gasteiger partial charge in [0.15, 0.2) is 5.82 Å². The van der Waals surface area contributed by atoms with Gasteiger partial charge in [0.25, 0.3) is 0 Å². The highest BCUT2D eigenvalue weighted by atomic mass is 14.9. The summed E-state index contributed by atoms with van der Waals surface area (Å²) >= 11 is 0. The topological polar surface area (TPSA) is 25.8 Å². The van der Waals surface area contributed by atoms with Crippen LogP contribution in [0.15, 0.2) is 158 Å². The summed E-state index contributed by atoms with van der Waals surface area (Å²) in [6.07, 6.45) is 0. The largest absolute Gasteiger partial charge is 0.228 e. The van der Waals surface area contributed by atoms with E-state index in [-0.39, 0.29) is 5.41 Å². The summed E-state index contributed by atoms with van der Waals surface area (Å²) < 4.78 is 0. The molecule has 9 rings (SSSR count). The molecule has 0 N–H and O–H groups in total. The molecular formula is C45H32N2. The van der Waals surface area contributed by atoms with Gasteiger partial charge in [-0.05, 0) is 73.1 Å². The number of aromatic nitrogens is 2. The quantitative estimate of drug-likeness (QED) is 0.201. The Bertz CT molecular complexity index is 2490. The Hall–Kier alpha value is -5.86. The van der Waals surface area contributed by atoms with Crippen molar-refractivity contribution in [3.63, 3.8) is 0 Å². The number of fused-ring (bicyclic) bond motifs is 5. The van der Waals surface area contributed by atoms with Crippen LogP contribution < -0.4 is 0 Å². The standard InChI is InChI=1S/C45H32N2/c1-45(2)40-19-11-10-18-37(40)38-23-22-32(27-41(38)45)34-24-25-39(36-17-9-8-16-35(34)36)43-28-42(46-44(47-43)30-13-4-3-5-14-30)33-21-20-29-12-6-7-15-31(29)26-33/h3-28H,1-2H3. The molecule has 1 aliphatic rings. The molecule has 0 saturated heterocycles. The monoisotopic (exact) mass is 600 g/mol. The van der Waals surface area contributed by atoms with Gasteiger partial charge >= 0.3 is 0 Å². The van der Waals surface area contributed by atoms with E-state index in [1.54, 1.807) is 0 Å². The van der Waals surface area contributed by atoms with Crippen molar-refractivity contribution in [2.75, 3.05) is 0 Å². The highest BCUT2D eigenvalue weighted by Crippen LogP contribution is 2.50. The molecule has 1 aromatic heterocycles. The Morgan fingerprint density at radius 2 is 1.00 bits per heavy atom. The van der Waals surface area contributed by atoms with Gasteiger partial charge < -0.3 is 0 Å². The minimum atomic E-state index is -0.0500. The molecule has 0 spiro atoms. The van der Waals surface area contributed by atoms with Crippen molar-refractivity contribution in [2.45, 2.75) is 19.3 Å². The second kappa shape index (κ2) is 10.6. The van der Waals surface area contributed by atoms with Crippen LogP contribution in [0, 0.1) is 0 Å².